The summed E-state index contributed by atoms with van der Waals surface area (Å²) < 4.78 is 12.5. The molecule has 0 saturated carbocycles. The van der Waals surface area contributed by atoms with Gasteiger partial charge < -0.3 is 14.0 Å². The maximum absolute atomic E-state index is 13.2. The second kappa shape index (κ2) is 13.8. The fraction of sp³-hybridized carbons (Fsp3) is 0.281. The van der Waals surface area contributed by atoms with Gasteiger partial charge in [0, 0.05) is 18.7 Å². The maximum atomic E-state index is 13.2. The third kappa shape index (κ3) is 6.98. The van der Waals surface area contributed by atoms with E-state index in [-0.39, 0.29) is 11.9 Å². The van der Waals surface area contributed by atoms with Gasteiger partial charge in [0.25, 0.3) is 0 Å². The van der Waals surface area contributed by atoms with Crippen LogP contribution in [0.5, 0.6) is 0 Å². The number of unbranched alkanes of at least 4 members (excludes halogenated alkanes) is 1. The summed E-state index contributed by atoms with van der Waals surface area (Å²) in [6.07, 6.45) is 2.78. The number of aryl methyl sites for hydroxylation is 1. The number of ether oxygens (including phenoxy) is 2. The Bertz CT molecular complexity index is 1400. The normalized spacial score (nSPS) is 10.8. The van der Waals surface area contributed by atoms with Crippen molar-refractivity contribution in [3.8, 4) is 11.1 Å². The standard InChI is InChI=1S/C32H34N2O4S/c1-4-6-16-28-33-30(39-22-24-12-8-7-9-13-24)29(32(36)38-5-2)34(28)21-23-17-19-25(20-18-23)26-14-10-11-15-27(26)31(35)37-3/h7-15,17-20H,4-6,16,21-22H2,1-3H3. The number of carbonyl (C=O) groups excluding carboxylic acids is 2. The Morgan fingerprint density at radius 1 is 0.872 bits per heavy atom. The van der Waals surface area contributed by atoms with E-state index in [4.69, 9.17) is 14.5 Å². The predicted molar refractivity (Wildman–Crippen MR) is 155 cm³/mol. The Morgan fingerprint density at radius 2 is 1.59 bits per heavy atom. The highest BCUT2D eigenvalue weighted by atomic mass is 32.2. The molecule has 0 amide bonds. The van der Waals surface area contributed by atoms with Crippen LogP contribution < -0.4 is 0 Å². The summed E-state index contributed by atoms with van der Waals surface area (Å²) in [6.45, 7) is 4.75. The Kier molecular flexibility index (Phi) is 9.97. The fourth-order valence-electron chi connectivity index (χ4n) is 4.39. The zero-order valence-corrected chi connectivity index (χ0v) is 23.5. The lowest BCUT2D eigenvalue weighted by Gasteiger charge is -2.13. The van der Waals surface area contributed by atoms with Crippen LogP contribution in [0.1, 0.15) is 64.5 Å². The molecule has 0 radical (unpaired) electrons. The SMILES string of the molecule is CCCCc1nc(SCc2ccccc2)c(C(=O)OCC)n1Cc1ccc(-c2ccccc2C(=O)OC)cc1. The number of carbonyl (C=O) groups is 2. The van der Waals surface area contributed by atoms with E-state index in [9.17, 15) is 9.59 Å². The van der Waals surface area contributed by atoms with Crippen molar-refractivity contribution in [2.45, 2.75) is 50.4 Å². The first-order valence-corrected chi connectivity index (χ1v) is 14.2. The zero-order chi connectivity index (χ0) is 27.6. The van der Waals surface area contributed by atoms with Crippen LogP contribution in [0.4, 0.5) is 0 Å². The van der Waals surface area contributed by atoms with Crippen molar-refractivity contribution in [2.24, 2.45) is 0 Å². The van der Waals surface area contributed by atoms with Crippen molar-refractivity contribution >= 4 is 23.7 Å². The van der Waals surface area contributed by atoms with E-state index in [1.165, 1.54) is 12.7 Å². The summed E-state index contributed by atoms with van der Waals surface area (Å²) >= 11 is 1.56. The van der Waals surface area contributed by atoms with Crippen molar-refractivity contribution in [1.82, 2.24) is 9.55 Å². The molecule has 1 heterocycles. The minimum atomic E-state index is -0.367. The molecule has 202 valence electrons. The summed E-state index contributed by atoms with van der Waals surface area (Å²) in [6, 6.07) is 25.6. The van der Waals surface area contributed by atoms with Crippen molar-refractivity contribution < 1.29 is 19.1 Å². The van der Waals surface area contributed by atoms with Crippen molar-refractivity contribution in [3.05, 3.63) is 107 Å². The van der Waals surface area contributed by atoms with Crippen LogP contribution in [0.25, 0.3) is 11.1 Å². The molecule has 39 heavy (non-hydrogen) atoms. The number of imidazole rings is 1. The second-order valence-corrected chi connectivity index (χ2v) is 10.1. The summed E-state index contributed by atoms with van der Waals surface area (Å²) in [5.41, 5.74) is 4.95. The van der Waals surface area contributed by atoms with E-state index in [0.29, 0.717) is 35.2 Å². The fourth-order valence-corrected chi connectivity index (χ4v) is 5.39. The Hall–Kier alpha value is -3.84. The van der Waals surface area contributed by atoms with E-state index < -0.39 is 0 Å². The Labute approximate surface area is 234 Å². The smallest absolute Gasteiger partial charge is 0.357 e. The van der Waals surface area contributed by atoms with Gasteiger partial charge in [0.2, 0.25) is 0 Å². The molecule has 0 bridgehead atoms. The summed E-state index contributed by atoms with van der Waals surface area (Å²) in [4.78, 5) is 30.4. The molecule has 4 rings (SSSR count). The lowest BCUT2D eigenvalue weighted by atomic mass is 9.98. The highest BCUT2D eigenvalue weighted by Crippen LogP contribution is 2.30. The second-order valence-electron chi connectivity index (χ2n) is 9.10. The Balaban J connectivity index is 1.67. The largest absolute Gasteiger partial charge is 0.465 e. The van der Waals surface area contributed by atoms with Gasteiger partial charge in [-0.2, -0.15) is 0 Å². The molecule has 7 heteroatoms. The molecule has 0 fully saturated rings. The lowest BCUT2D eigenvalue weighted by molar-refractivity contribution is 0.0508. The number of nitrogens with zero attached hydrogens (tertiary/aromatic N) is 2. The number of hydrogen-bond donors (Lipinski definition) is 0. The highest BCUT2D eigenvalue weighted by molar-refractivity contribution is 7.98. The number of rotatable bonds is 12. The van der Waals surface area contributed by atoms with Gasteiger partial charge in [0.1, 0.15) is 10.9 Å². The number of benzene rings is 3. The third-order valence-corrected chi connectivity index (χ3v) is 7.43. The third-order valence-electron chi connectivity index (χ3n) is 6.39. The molecule has 0 aliphatic heterocycles. The van der Waals surface area contributed by atoms with E-state index in [1.807, 2.05) is 72.2 Å². The van der Waals surface area contributed by atoms with Crippen LogP contribution in [0.3, 0.4) is 0 Å². The van der Waals surface area contributed by atoms with Gasteiger partial charge in [0.05, 0.1) is 19.3 Å². The number of aromatic nitrogens is 2. The molecule has 0 saturated heterocycles. The molecule has 0 atom stereocenters. The van der Waals surface area contributed by atoms with Crippen LogP contribution in [0.2, 0.25) is 0 Å². The van der Waals surface area contributed by atoms with Gasteiger partial charge in [-0.3, -0.25) is 0 Å². The minimum Gasteiger partial charge on any atom is -0.465 e. The summed E-state index contributed by atoms with van der Waals surface area (Å²) in [5.74, 6) is 0.877. The van der Waals surface area contributed by atoms with E-state index >= 15 is 0 Å². The molecule has 6 nitrogen and oxygen atoms in total. The van der Waals surface area contributed by atoms with Gasteiger partial charge in [-0.05, 0) is 41.7 Å². The molecule has 0 N–H and O–H groups in total. The molecule has 0 unspecified atom stereocenters. The average Bonchev–Trinajstić information content (AvgIpc) is 3.32. The number of hydrogen-bond acceptors (Lipinski definition) is 6. The van der Waals surface area contributed by atoms with Crippen molar-refractivity contribution in [3.63, 3.8) is 0 Å². The maximum Gasteiger partial charge on any atom is 0.357 e. The predicted octanol–water partition coefficient (Wildman–Crippen LogP) is 7.20. The molecular weight excluding hydrogens is 508 g/mol. The molecule has 1 aromatic heterocycles. The number of esters is 2. The molecule has 0 aliphatic rings. The first kappa shape index (κ1) is 28.2. The van der Waals surface area contributed by atoms with Crippen LogP contribution >= 0.6 is 11.8 Å². The molecule has 3 aromatic carbocycles. The number of thioether (sulfide) groups is 1. The number of methoxy groups -OCH3 is 1. The molecular formula is C32H34N2O4S. The quantitative estimate of drug-likeness (QED) is 0.139. The van der Waals surface area contributed by atoms with Crippen molar-refractivity contribution in [2.75, 3.05) is 13.7 Å². The monoisotopic (exact) mass is 542 g/mol. The van der Waals surface area contributed by atoms with Crippen LogP contribution in [0, 0.1) is 0 Å². The summed E-state index contributed by atoms with van der Waals surface area (Å²) in [5, 5.41) is 0.701. The first-order chi connectivity index (χ1) is 19.0. The topological polar surface area (TPSA) is 70.4 Å². The minimum absolute atomic E-state index is 0.297. The summed E-state index contributed by atoms with van der Waals surface area (Å²) in [7, 11) is 1.39. The van der Waals surface area contributed by atoms with E-state index in [2.05, 4.69) is 19.1 Å². The van der Waals surface area contributed by atoms with Gasteiger partial charge in [-0.1, -0.05) is 97.9 Å². The van der Waals surface area contributed by atoms with E-state index in [1.54, 1.807) is 17.8 Å². The van der Waals surface area contributed by atoms with Crippen molar-refractivity contribution in [1.29, 1.82) is 0 Å². The first-order valence-electron chi connectivity index (χ1n) is 13.3. The van der Waals surface area contributed by atoms with Gasteiger partial charge in [-0.25, -0.2) is 14.6 Å². The van der Waals surface area contributed by atoms with Crippen LogP contribution in [-0.4, -0.2) is 35.2 Å². The van der Waals surface area contributed by atoms with Gasteiger partial charge in [-0.15, -0.1) is 0 Å². The Morgan fingerprint density at radius 3 is 2.28 bits per heavy atom. The van der Waals surface area contributed by atoms with Crippen LogP contribution in [-0.2, 0) is 28.2 Å². The molecule has 0 aliphatic carbocycles. The van der Waals surface area contributed by atoms with Gasteiger partial charge in [0.15, 0.2) is 5.69 Å². The van der Waals surface area contributed by atoms with Crippen LogP contribution in [0.15, 0.2) is 83.9 Å². The molecule has 4 aromatic rings. The zero-order valence-electron chi connectivity index (χ0n) is 22.7. The van der Waals surface area contributed by atoms with Gasteiger partial charge >= 0.3 is 11.9 Å². The average molecular weight is 543 g/mol. The highest BCUT2D eigenvalue weighted by Gasteiger charge is 2.25. The van der Waals surface area contributed by atoms with E-state index in [0.717, 1.165) is 41.8 Å². The molecule has 0 spiro atoms. The lowest BCUT2D eigenvalue weighted by Crippen LogP contribution is -2.16.